The van der Waals surface area contributed by atoms with Crippen LogP contribution in [0.1, 0.15) is 0 Å². The Kier molecular flexibility index (Phi) is 4.56. The van der Waals surface area contributed by atoms with Crippen molar-refractivity contribution in [1.82, 2.24) is 35.1 Å². The first-order chi connectivity index (χ1) is 11.7. The summed E-state index contributed by atoms with van der Waals surface area (Å²) in [4.78, 5) is 23.1. The van der Waals surface area contributed by atoms with Crippen LogP contribution in [0.4, 0.5) is 0 Å². The Labute approximate surface area is 139 Å². The van der Waals surface area contributed by atoms with E-state index < -0.39 is 11.6 Å². The maximum Gasteiger partial charge on any atom is 0.362 e. The highest BCUT2D eigenvalue weighted by atomic mass is 32.2. The summed E-state index contributed by atoms with van der Waals surface area (Å²) in [6.45, 7) is 0. The van der Waals surface area contributed by atoms with Crippen molar-refractivity contribution in [2.45, 2.75) is 5.16 Å². The predicted octanol–water partition coefficient (Wildman–Crippen LogP) is -0.582. The standard InChI is InChI=1S/C12H12N8O3S/c1-23-9-4-2-8(3-5-9)20-12(15-17-18-20)24-6-10(21)16-19-7-13-14-11(19)22/h2-5,7H,6H2,1H3,(H,14,22)(H,16,21). The zero-order valence-corrected chi connectivity index (χ0v) is 13.2. The molecule has 0 aliphatic heterocycles. The number of aromatic nitrogens is 7. The Morgan fingerprint density at radius 3 is 2.83 bits per heavy atom. The number of amides is 1. The number of thioether (sulfide) groups is 1. The van der Waals surface area contributed by atoms with Gasteiger partial charge in [0.05, 0.1) is 18.6 Å². The lowest BCUT2D eigenvalue weighted by Crippen LogP contribution is -2.31. The zero-order chi connectivity index (χ0) is 16.9. The molecule has 12 heteroatoms. The van der Waals surface area contributed by atoms with Crippen molar-refractivity contribution in [3.63, 3.8) is 0 Å². The highest BCUT2D eigenvalue weighted by molar-refractivity contribution is 7.99. The number of rotatable bonds is 6. The van der Waals surface area contributed by atoms with Crippen LogP contribution in [0.5, 0.6) is 5.75 Å². The number of carbonyl (C=O) groups excluding carboxylic acids is 1. The van der Waals surface area contributed by atoms with Crippen LogP contribution in [0.2, 0.25) is 0 Å². The number of hydrogen-bond acceptors (Lipinski definition) is 8. The number of carbonyl (C=O) groups is 1. The van der Waals surface area contributed by atoms with E-state index in [4.69, 9.17) is 4.74 Å². The van der Waals surface area contributed by atoms with E-state index in [0.717, 1.165) is 22.1 Å². The van der Waals surface area contributed by atoms with Gasteiger partial charge in [-0.3, -0.25) is 10.2 Å². The van der Waals surface area contributed by atoms with E-state index in [1.807, 2.05) is 0 Å². The van der Waals surface area contributed by atoms with Crippen molar-refractivity contribution < 1.29 is 9.53 Å². The Hall–Kier alpha value is -3.15. The van der Waals surface area contributed by atoms with Crippen LogP contribution >= 0.6 is 11.8 Å². The van der Waals surface area contributed by atoms with Gasteiger partial charge in [-0.1, -0.05) is 11.8 Å². The van der Waals surface area contributed by atoms with Gasteiger partial charge < -0.3 is 4.74 Å². The lowest BCUT2D eigenvalue weighted by atomic mass is 10.3. The molecule has 0 radical (unpaired) electrons. The summed E-state index contributed by atoms with van der Waals surface area (Å²) in [6, 6.07) is 7.15. The number of methoxy groups -OCH3 is 1. The summed E-state index contributed by atoms with van der Waals surface area (Å²) >= 11 is 1.13. The van der Waals surface area contributed by atoms with E-state index in [2.05, 4.69) is 31.1 Å². The molecule has 0 fully saturated rings. The van der Waals surface area contributed by atoms with Crippen molar-refractivity contribution >= 4 is 17.7 Å². The Bertz CT molecular complexity index is 884. The van der Waals surface area contributed by atoms with Crippen molar-refractivity contribution in [1.29, 1.82) is 0 Å². The van der Waals surface area contributed by atoms with E-state index in [1.165, 1.54) is 11.0 Å². The Morgan fingerprint density at radius 2 is 2.17 bits per heavy atom. The van der Waals surface area contributed by atoms with Gasteiger partial charge in [-0.25, -0.2) is 9.89 Å². The van der Waals surface area contributed by atoms with Crippen LogP contribution in [0, 0.1) is 0 Å². The largest absolute Gasteiger partial charge is 0.497 e. The number of benzene rings is 1. The lowest BCUT2D eigenvalue weighted by molar-refractivity contribution is -0.114. The molecule has 0 aliphatic carbocycles. The van der Waals surface area contributed by atoms with E-state index in [0.29, 0.717) is 10.9 Å². The van der Waals surface area contributed by atoms with E-state index in [1.54, 1.807) is 31.4 Å². The third kappa shape index (κ3) is 3.43. The first-order valence-corrected chi connectivity index (χ1v) is 7.63. The van der Waals surface area contributed by atoms with Gasteiger partial charge in [0.15, 0.2) is 0 Å². The lowest BCUT2D eigenvalue weighted by Gasteiger charge is -2.06. The maximum absolute atomic E-state index is 11.9. The minimum absolute atomic E-state index is 0.0220. The number of ether oxygens (including phenoxy) is 1. The quantitative estimate of drug-likeness (QED) is 0.565. The van der Waals surface area contributed by atoms with Gasteiger partial charge in [-0.05, 0) is 34.7 Å². The molecule has 0 spiro atoms. The monoisotopic (exact) mass is 348 g/mol. The normalized spacial score (nSPS) is 10.5. The van der Waals surface area contributed by atoms with Crippen LogP contribution in [0.3, 0.4) is 0 Å². The zero-order valence-electron chi connectivity index (χ0n) is 12.4. The van der Waals surface area contributed by atoms with Gasteiger partial charge in [0, 0.05) is 0 Å². The molecule has 3 rings (SSSR count). The predicted molar refractivity (Wildman–Crippen MR) is 83.6 cm³/mol. The fourth-order valence-electron chi connectivity index (χ4n) is 1.78. The van der Waals surface area contributed by atoms with Crippen LogP contribution < -0.4 is 15.9 Å². The third-order valence-electron chi connectivity index (χ3n) is 2.89. The van der Waals surface area contributed by atoms with Gasteiger partial charge in [0.25, 0.3) is 0 Å². The average Bonchev–Trinajstić information content (AvgIpc) is 3.22. The van der Waals surface area contributed by atoms with E-state index in [9.17, 15) is 9.59 Å². The molecule has 0 bridgehead atoms. The fourth-order valence-corrected chi connectivity index (χ4v) is 2.46. The summed E-state index contributed by atoms with van der Waals surface area (Å²) in [5, 5.41) is 17.5. The van der Waals surface area contributed by atoms with Crippen LogP contribution in [-0.2, 0) is 4.79 Å². The molecule has 1 aromatic carbocycles. The summed E-state index contributed by atoms with van der Waals surface area (Å²) in [7, 11) is 1.58. The van der Waals surface area contributed by atoms with Gasteiger partial charge in [0.1, 0.15) is 12.1 Å². The number of tetrazole rings is 1. The van der Waals surface area contributed by atoms with Gasteiger partial charge >= 0.3 is 5.69 Å². The first kappa shape index (κ1) is 15.7. The van der Waals surface area contributed by atoms with Gasteiger partial charge in [-0.15, -0.1) is 5.10 Å². The summed E-state index contributed by atoms with van der Waals surface area (Å²) < 4.78 is 7.56. The molecule has 11 nitrogen and oxygen atoms in total. The van der Waals surface area contributed by atoms with Crippen LogP contribution in [0.15, 0.2) is 40.5 Å². The molecule has 3 aromatic rings. The van der Waals surface area contributed by atoms with E-state index >= 15 is 0 Å². The van der Waals surface area contributed by atoms with Crippen LogP contribution in [0.25, 0.3) is 5.69 Å². The summed E-state index contributed by atoms with van der Waals surface area (Å²) in [5.74, 6) is 0.340. The molecule has 0 saturated heterocycles. The van der Waals surface area contributed by atoms with Gasteiger partial charge in [-0.2, -0.15) is 14.5 Å². The molecule has 2 heterocycles. The smallest absolute Gasteiger partial charge is 0.362 e. The van der Waals surface area contributed by atoms with Crippen molar-refractivity contribution in [2.75, 3.05) is 18.3 Å². The van der Waals surface area contributed by atoms with Crippen molar-refractivity contribution in [3.8, 4) is 11.4 Å². The Morgan fingerprint density at radius 1 is 1.38 bits per heavy atom. The molecule has 0 aliphatic rings. The molecule has 0 unspecified atom stereocenters. The minimum atomic E-state index is -0.531. The number of hydrogen-bond donors (Lipinski definition) is 2. The molecule has 124 valence electrons. The average molecular weight is 348 g/mol. The van der Waals surface area contributed by atoms with Crippen LogP contribution in [-0.4, -0.2) is 53.9 Å². The van der Waals surface area contributed by atoms with E-state index in [-0.39, 0.29) is 5.75 Å². The summed E-state index contributed by atoms with van der Waals surface area (Å²) in [5.41, 5.74) is 2.58. The second-order valence-corrected chi connectivity index (χ2v) is 5.37. The highest BCUT2D eigenvalue weighted by Crippen LogP contribution is 2.20. The molecule has 24 heavy (non-hydrogen) atoms. The number of aromatic amines is 1. The Balaban J connectivity index is 1.66. The fraction of sp³-hybridized carbons (Fsp3) is 0.167. The molecule has 0 atom stereocenters. The SMILES string of the molecule is COc1ccc(-n2nnnc2SCC(=O)Nn2cn[nH]c2=O)cc1. The molecule has 0 saturated carbocycles. The molecule has 2 aromatic heterocycles. The summed E-state index contributed by atoms with van der Waals surface area (Å²) in [6.07, 6.45) is 1.17. The molecule has 1 amide bonds. The molecule has 2 N–H and O–H groups in total. The second-order valence-electron chi connectivity index (χ2n) is 4.43. The number of H-pyrrole nitrogens is 1. The first-order valence-electron chi connectivity index (χ1n) is 6.65. The number of nitrogens with one attached hydrogen (secondary N) is 2. The molecular weight excluding hydrogens is 336 g/mol. The topological polar surface area (TPSA) is 133 Å². The molecular formula is C12H12N8O3S. The highest BCUT2D eigenvalue weighted by Gasteiger charge is 2.12. The third-order valence-corrected chi connectivity index (χ3v) is 3.81. The maximum atomic E-state index is 11.9. The number of nitrogens with zero attached hydrogens (tertiary/aromatic N) is 6. The van der Waals surface area contributed by atoms with Crippen molar-refractivity contribution in [3.05, 3.63) is 41.1 Å². The second kappa shape index (κ2) is 6.95. The minimum Gasteiger partial charge on any atom is -0.497 e. The van der Waals surface area contributed by atoms with Crippen molar-refractivity contribution in [2.24, 2.45) is 0 Å². The van der Waals surface area contributed by atoms with Gasteiger partial charge in [0.2, 0.25) is 11.1 Å².